The lowest BCUT2D eigenvalue weighted by Gasteiger charge is -2.26. The molecule has 0 bridgehead atoms. The first-order valence-corrected chi connectivity index (χ1v) is 13.1. The van der Waals surface area contributed by atoms with Gasteiger partial charge in [-0.25, -0.2) is 0 Å². The van der Waals surface area contributed by atoms with Gasteiger partial charge < -0.3 is 19.8 Å². The van der Waals surface area contributed by atoms with E-state index >= 15 is 0 Å². The Hall–Kier alpha value is -5.12. The number of carbonyl (C=O) groups is 2. The Morgan fingerprint density at radius 3 is 2.15 bits per heavy atom. The molecule has 0 saturated heterocycles. The van der Waals surface area contributed by atoms with E-state index in [2.05, 4.69) is 58.9 Å². The monoisotopic (exact) mass is 552 g/mol. The minimum Gasteiger partial charge on any atom is -0.486 e. The summed E-state index contributed by atoms with van der Waals surface area (Å²) in [5.41, 5.74) is 4.07. The summed E-state index contributed by atoms with van der Waals surface area (Å²) >= 11 is 0. The molecule has 0 aliphatic carbocycles. The second-order valence-electron chi connectivity index (χ2n) is 10.3. The molecule has 0 fully saturated rings. The topological polar surface area (TPSA) is 116 Å². The fraction of sp³-hybridized carbons (Fsp3) is 0.226. The summed E-state index contributed by atoms with van der Waals surface area (Å²) < 4.78 is 14.7. The Morgan fingerprint density at radius 2 is 1.46 bits per heavy atom. The fourth-order valence-corrected chi connectivity index (χ4v) is 4.51. The van der Waals surface area contributed by atoms with Gasteiger partial charge in [0.15, 0.2) is 5.76 Å². The number of ether oxygens (including phenoxy) is 1. The van der Waals surface area contributed by atoms with Crippen LogP contribution in [0.25, 0.3) is 0 Å². The maximum absolute atomic E-state index is 13.0. The summed E-state index contributed by atoms with van der Waals surface area (Å²) in [6.07, 6.45) is 2.98. The second-order valence-corrected chi connectivity index (χ2v) is 10.3. The average molecular weight is 553 g/mol. The van der Waals surface area contributed by atoms with Crippen molar-refractivity contribution in [2.24, 2.45) is 14.1 Å². The second kappa shape index (κ2) is 11.2. The third kappa shape index (κ3) is 5.76. The molecule has 2 aromatic carbocycles. The van der Waals surface area contributed by atoms with Crippen LogP contribution in [0.4, 0.5) is 11.4 Å². The molecule has 41 heavy (non-hydrogen) atoms. The molecule has 5 rings (SSSR count). The molecular weight excluding hydrogens is 520 g/mol. The minimum absolute atomic E-state index is 0.0851. The molecule has 0 atom stereocenters. The summed E-state index contributed by atoms with van der Waals surface area (Å²) in [5.74, 6) is 0.322. The lowest BCUT2D eigenvalue weighted by atomic mass is 9.78. The number of amides is 2. The molecule has 10 heteroatoms. The van der Waals surface area contributed by atoms with Crippen LogP contribution in [0.1, 0.15) is 57.5 Å². The number of furan rings is 1. The third-order valence-electron chi connectivity index (χ3n) is 7.22. The van der Waals surface area contributed by atoms with Gasteiger partial charge in [-0.05, 0) is 42.3 Å². The van der Waals surface area contributed by atoms with Gasteiger partial charge in [0.2, 0.25) is 0 Å². The smallest absolute Gasteiger partial charge is 0.291 e. The van der Waals surface area contributed by atoms with Gasteiger partial charge in [-0.2, -0.15) is 10.2 Å². The predicted molar refractivity (Wildman–Crippen MR) is 155 cm³/mol. The van der Waals surface area contributed by atoms with E-state index in [1.807, 2.05) is 37.3 Å². The number of benzene rings is 2. The van der Waals surface area contributed by atoms with Crippen LogP contribution in [0.5, 0.6) is 5.75 Å². The first kappa shape index (κ1) is 27.4. The summed E-state index contributed by atoms with van der Waals surface area (Å²) in [5, 5.41) is 13.8. The van der Waals surface area contributed by atoms with Crippen molar-refractivity contribution in [3.05, 3.63) is 113 Å². The number of hydrogen-bond donors (Lipinski definition) is 2. The first-order valence-electron chi connectivity index (χ1n) is 13.1. The van der Waals surface area contributed by atoms with Crippen LogP contribution in [0.3, 0.4) is 0 Å². The summed E-state index contributed by atoms with van der Waals surface area (Å²) in [7, 11) is 3.41. The number of rotatable bonds is 9. The Balaban J connectivity index is 1.20. The molecule has 0 saturated carbocycles. The van der Waals surface area contributed by atoms with Crippen molar-refractivity contribution >= 4 is 23.2 Å². The number of aryl methyl sites for hydroxylation is 2. The lowest BCUT2D eigenvalue weighted by Crippen LogP contribution is -2.20. The number of nitrogens with zero attached hydrogens (tertiary/aromatic N) is 4. The number of hydrogen-bond acceptors (Lipinski definition) is 6. The highest BCUT2D eigenvalue weighted by Crippen LogP contribution is 2.32. The fourth-order valence-electron chi connectivity index (χ4n) is 4.51. The summed E-state index contributed by atoms with van der Waals surface area (Å²) in [6, 6.07) is 21.6. The molecule has 0 aliphatic rings. The molecule has 0 aliphatic heterocycles. The summed E-state index contributed by atoms with van der Waals surface area (Å²) in [6.45, 7) is 6.38. The molecule has 0 unspecified atom stereocenters. The Morgan fingerprint density at radius 1 is 0.829 bits per heavy atom. The molecule has 2 amide bonds. The number of carbonyl (C=O) groups excluding carboxylic acids is 2. The largest absolute Gasteiger partial charge is 0.486 e. The van der Waals surface area contributed by atoms with Crippen LogP contribution >= 0.6 is 0 Å². The average Bonchev–Trinajstić information content (AvgIpc) is 3.68. The van der Waals surface area contributed by atoms with Gasteiger partial charge in [0.25, 0.3) is 11.8 Å². The van der Waals surface area contributed by atoms with E-state index in [4.69, 9.17) is 9.15 Å². The van der Waals surface area contributed by atoms with Crippen molar-refractivity contribution in [1.29, 1.82) is 0 Å². The molecule has 210 valence electrons. The van der Waals surface area contributed by atoms with E-state index in [9.17, 15) is 9.59 Å². The molecule has 2 N–H and O–H groups in total. The zero-order valence-corrected chi connectivity index (χ0v) is 23.6. The van der Waals surface area contributed by atoms with Gasteiger partial charge in [0, 0.05) is 19.5 Å². The van der Waals surface area contributed by atoms with E-state index in [-0.39, 0.29) is 29.2 Å². The van der Waals surface area contributed by atoms with Crippen molar-refractivity contribution in [2.45, 2.75) is 32.8 Å². The minimum atomic E-state index is -0.511. The standard InChI is InChI=1S/C31H32N6O4/c1-20-25(17-32-36(20)4)34-30(39)28-26(18-33-37(28)5)35-29(38)27-16-15-24(41-27)19-40-23-13-11-22(12-14-23)31(2,3)21-9-7-6-8-10-21/h6-18H,19H2,1-5H3,(H,34,39)(H,35,38). The molecule has 0 radical (unpaired) electrons. The predicted octanol–water partition coefficient (Wildman–Crippen LogP) is 5.46. The molecular formula is C31H32N6O4. The summed E-state index contributed by atoms with van der Waals surface area (Å²) in [4.78, 5) is 25.9. The van der Waals surface area contributed by atoms with Gasteiger partial charge in [0.1, 0.15) is 23.8 Å². The van der Waals surface area contributed by atoms with Crippen LogP contribution in [0.2, 0.25) is 0 Å². The maximum Gasteiger partial charge on any atom is 0.291 e. The normalized spacial score (nSPS) is 11.3. The highest BCUT2D eigenvalue weighted by atomic mass is 16.5. The quantitative estimate of drug-likeness (QED) is 0.251. The van der Waals surface area contributed by atoms with Gasteiger partial charge >= 0.3 is 0 Å². The zero-order chi connectivity index (χ0) is 29.1. The van der Waals surface area contributed by atoms with Crippen molar-refractivity contribution in [2.75, 3.05) is 10.6 Å². The molecule has 3 heterocycles. The van der Waals surface area contributed by atoms with Crippen molar-refractivity contribution in [1.82, 2.24) is 19.6 Å². The van der Waals surface area contributed by atoms with Crippen molar-refractivity contribution in [3.63, 3.8) is 0 Å². The first-order chi connectivity index (χ1) is 19.6. The van der Waals surface area contributed by atoms with Gasteiger partial charge in [-0.3, -0.25) is 19.0 Å². The molecule has 5 aromatic rings. The number of anilines is 2. The van der Waals surface area contributed by atoms with Gasteiger partial charge in [-0.15, -0.1) is 0 Å². The van der Waals surface area contributed by atoms with E-state index in [0.29, 0.717) is 17.2 Å². The van der Waals surface area contributed by atoms with Crippen LogP contribution in [-0.2, 0) is 26.1 Å². The molecule has 0 spiro atoms. The van der Waals surface area contributed by atoms with Crippen LogP contribution in [0.15, 0.2) is 83.5 Å². The van der Waals surface area contributed by atoms with Crippen LogP contribution in [-0.4, -0.2) is 31.4 Å². The van der Waals surface area contributed by atoms with E-state index in [0.717, 1.165) is 5.69 Å². The van der Waals surface area contributed by atoms with Crippen LogP contribution < -0.4 is 15.4 Å². The highest BCUT2D eigenvalue weighted by Gasteiger charge is 2.23. The molecule has 3 aromatic heterocycles. The highest BCUT2D eigenvalue weighted by molar-refractivity contribution is 6.11. The van der Waals surface area contributed by atoms with Crippen molar-refractivity contribution in [3.8, 4) is 5.75 Å². The Bertz CT molecular complexity index is 1680. The van der Waals surface area contributed by atoms with Crippen LogP contribution in [0, 0.1) is 6.92 Å². The van der Waals surface area contributed by atoms with E-state index < -0.39 is 11.8 Å². The number of aromatic nitrogens is 4. The van der Waals surface area contributed by atoms with Crippen molar-refractivity contribution < 1.29 is 18.7 Å². The third-order valence-corrected chi connectivity index (χ3v) is 7.22. The zero-order valence-electron chi connectivity index (χ0n) is 23.6. The Labute approximate surface area is 237 Å². The molecule has 10 nitrogen and oxygen atoms in total. The number of nitrogens with one attached hydrogen (secondary N) is 2. The lowest BCUT2D eigenvalue weighted by molar-refractivity contribution is 0.0992. The van der Waals surface area contributed by atoms with Gasteiger partial charge in [0.05, 0.1) is 29.5 Å². The Kier molecular flexibility index (Phi) is 7.47. The SMILES string of the molecule is Cc1c(NC(=O)c2c(NC(=O)c3ccc(COc4ccc(C(C)(C)c5ccccc5)cc4)o3)cnn2C)cnn1C. The van der Waals surface area contributed by atoms with E-state index in [1.165, 1.54) is 22.0 Å². The van der Waals surface area contributed by atoms with E-state index in [1.54, 1.807) is 37.1 Å². The van der Waals surface area contributed by atoms with Gasteiger partial charge in [-0.1, -0.05) is 56.3 Å². The maximum atomic E-state index is 13.0.